The highest BCUT2D eigenvalue weighted by molar-refractivity contribution is 7.78. The van der Waals surface area contributed by atoms with Crippen LogP contribution >= 0.6 is 0 Å². The normalized spacial score (nSPS) is 12.2. The SMILES string of the molecule is CC(C)(C)OC(=O)NCC(Cn1ncn(-c2cccc(-c3ccc(CS(=O)O)cc3)c2)c1=O)=C(F)F. The van der Waals surface area contributed by atoms with E-state index in [1.54, 1.807) is 63.2 Å². The lowest BCUT2D eigenvalue weighted by Crippen LogP contribution is -2.35. The minimum atomic E-state index is -2.03. The van der Waals surface area contributed by atoms with Crippen molar-refractivity contribution >= 4 is 17.2 Å². The molecule has 2 N–H and O–H groups in total. The van der Waals surface area contributed by atoms with E-state index >= 15 is 0 Å². The van der Waals surface area contributed by atoms with E-state index in [0.717, 1.165) is 15.8 Å². The topological polar surface area (TPSA) is 115 Å². The van der Waals surface area contributed by atoms with E-state index in [9.17, 15) is 22.6 Å². The Morgan fingerprint density at radius 2 is 1.83 bits per heavy atom. The van der Waals surface area contributed by atoms with Crippen LogP contribution in [0.25, 0.3) is 16.8 Å². The van der Waals surface area contributed by atoms with Crippen LogP contribution < -0.4 is 11.0 Å². The smallest absolute Gasteiger partial charge is 0.407 e. The molecule has 1 heterocycles. The molecule has 0 radical (unpaired) electrons. The van der Waals surface area contributed by atoms with Crippen molar-refractivity contribution in [3.63, 3.8) is 0 Å². The van der Waals surface area contributed by atoms with E-state index < -0.39 is 53.2 Å². The number of alkyl carbamates (subject to hydrolysis) is 1. The van der Waals surface area contributed by atoms with Gasteiger partial charge in [0.1, 0.15) is 11.9 Å². The van der Waals surface area contributed by atoms with Gasteiger partial charge in [0.15, 0.2) is 11.1 Å². The quantitative estimate of drug-likeness (QED) is 0.432. The third-order valence-electron chi connectivity index (χ3n) is 4.89. The van der Waals surface area contributed by atoms with Crippen molar-refractivity contribution in [3.8, 4) is 16.8 Å². The van der Waals surface area contributed by atoms with Crippen molar-refractivity contribution in [2.24, 2.45) is 0 Å². The summed E-state index contributed by atoms with van der Waals surface area (Å²) < 4.78 is 54.1. The number of carbonyl (C=O) groups excluding carboxylic acids is 1. The van der Waals surface area contributed by atoms with Gasteiger partial charge in [0.05, 0.1) is 18.0 Å². The Balaban J connectivity index is 1.77. The number of benzene rings is 2. The average Bonchev–Trinajstić information content (AvgIpc) is 3.15. The highest BCUT2D eigenvalue weighted by Crippen LogP contribution is 2.22. The zero-order chi connectivity index (χ0) is 26.5. The van der Waals surface area contributed by atoms with Crippen LogP contribution in [0.4, 0.5) is 13.6 Å². The van der Waals surface area contributed by atoms with Gasteiger partial charge >= 0.3 is 11.8 Å². The number of hydrogen-bond donors (Lipinski definition) is 2. The van der Waals surface area contributed by atoms with Crippen LogP contribution in [0.15, 0.2) is 71.3 Å². The second-order valence-corrected chi connectivity index (χ2v) is 9.81. The van der Waals surface area contributed by atoms with Crippen LogP contribution in [0.1, 0.15) is 26.3 Å². The molecule has 3 rings (SSSR count). The molecule has 0 aliphatic heterocycles. The molecular weight excluding hydrogens is 494 g/mol. The summed E-state index contributed by atoms with van der Waals surface area (Å²) in [6.45, 7) is 3.92. The van der Waals surface area contributed by atoms with Crippen molar-refractivity contribution in [1.82, 2.24) is 19.7 Å². The van der Waals surface area contributed by atoms with Gasteiger partial charge in [0.2, 0.25) is 0 Å². The molecule has 1 aromatic heterocycles. The first-order chi connectivity index (χ1) is 16.9. The summed E-state index contributed by atoms with van der Waals surface area (Å²) >= 11 is -1.94. The first-order valence-corrected chi connectivity index (χ1v) is 12.1. The highest BCUT2D eigenvalue weighted by atomic mass is 32.2. The van der Waals surface area contributed by atoms with E-state index in [0.29, 0.717) is 11.3 Å². The van der Waals surface area contributed by atoms with Gasteiger partial charge in [-0.25, -0.2) is 23.0 Å². The number of nitrogens with one attached hydrogen (secondary N) is 1. The number of aromatic nitrogens is 3. The molecule has 36 heavy (non-hydrogen) atoms. The van der Waals surface area contributed by atoms with Gasteiger partial charge in [-0.15, -0.1) is 0 Å². The molecule has 1 atom stereocenters. The summed E-state index contributed by atoms with van der Waals surface area (Å²) in [5.74, 6) is 0.0259. The fraction of sp³-hybridized carbons (Fsp3) is 0.292. The fourth-order valence-electron chi connectivity index (χ4n) is 3.25. The summed E-state index contributed by atoms with van der Waals surface area (Å²) in [4.78, 5) is 24.7. The Morgan fingerprint density at radius 1 is 1.14 bits per heavy atom. The van der Waals surface area contributed by atoms with Crippen molar-refractivity contribution in [2.45, 2.75) is 38.7 Å². The second kappa shape index (κ2) is 11.4. The molecule has 1 unspecified atom stereocenters. The first kappa shape index (κ1) is 27.0. The van der Waals surface area contributed by atoms with Gasteiger partial charge in [0.25, 0.3) is 6.08 Å². The van der Waals surface area contributed by atoms with Crippen LogP contribution in [0.5, 0.6) is 0 Å². The summed E-state index contributed by atoms with van der Waals surface area (Å²) in [7, 11) is 0. The number of hydrogen-bond acceptors (Lipinski definition) is 5. The molecule has 3 aromatic rings. The molecule has 0 aliphatic carbocycles. The largest absolute Gasteiger partial charge is 0.444 e. The Kier molecular flexibility index (Phi) is 8.53. The van der Waals surface area contributed by atoms with Gasteiger partial charge in [-0.1, -0.05) is 36.4 Å². The Bertz CT molecular complexity index is 1340. The molecule has 0 spiro atoms. The van der Waals surface area contributed by atoms with Crippen molar-refractivity contribution in [3.05, 3.63) is 82.6 Å². The number of rotatable bonds is 8. The third kappa shape index (κ3) is 7.43. The number of nitrogens with zero attached hydrogens (tertiary/aromatic N) is 3. The number of ether oxygens (including phenoxy) is 1. The monoisotopic (exact) mass is 520 g/mol. The predicted octanol–water partition coefficient (Wildman–Crippen LogP) is 4.10. The third-order valence-corrected chi connectivity index (χ3v) is 5.47. The fourth-order valence-corrected chi connectivity index (χ4v) is 3.73. The van der Waals surface area contributed by atoms with Gasteiger partial charge in [-0.2, -0.15) is 13.9 Å². The van der Waals surface area contributed by atoms with E-state index in [2.05, 4.69) is 10.4 Å². The molecule has 192 valence electrons. The van der Waals surface area contributed by atoms with Crippen LogP contribution in [0.2, 0.25) is 0 Å². The van der Waals surface area contributed by atoms with Crippen LogP contribution in [-0.2, 0) is 28.1 Å². The van der Waals surface area contributed by atoms with Gasteiger partial charge in [0, 0.05) is 12.1 Å². The van der Waals surface area contributed by atoms with Crippen molar-refractivity contribution < 1.29 is 27.1 Å². The van der Waals surface area contributed by atoms with Crippen molar-refractivity contribution in [2.75, 3.05) is 6.54 Å². The van der Waals surface area contributed by atoms with Gasteiger partial charge in [-0.05, 0) is 49.6 Å². The van der Waals surface area contributed by atoms with Crippen LogP contribution in [-0.4, -0.2) is 41.3 Å². The molecule has 0 bridgehead atoms. The molecular formula is C24H26F2N4O5S. The van der Waals surface area contributed by atoms with E-state index in [4.69, 9.17) is 9.29 Å². The Morgan fingerprint density at radius 3 is 2.44 bits per heavy atom. The number of carbonyl (C=O) groups is 1. The Labute approximate surface area is 208 Å². The zero-order valence-corrected chi connectivity index (χ0v) is 20.7. The lowest BCUT2D eigenvalue weighted by atomic mass is 10.0. The van der Waals surface area contributed by atoms with Gasteiger partial charge < -0.3 is 14.6 Å². The van der Waals surface area contributed by atoms with Crippen LogP contribution in [0.3, 0.4) is 0 Å². The maximum Gasteiger partial charge on any atom is 0.407 e. The molecule has 1 amide bonds. The minimum Gasteiger partial charge on any atom is -0.444 e. The maximum atomic E-state index is 13.5. The molecule has 0 saturated carbocycles. The van der Waals surface area contributed by atoms with Gasteiger partial charge in [-0.3, -0.25) is 0 Å². The first-order valence-electron chi connectivity index (χ1n) is 10.8. The number of halogens is 2. The maximum absolute atomic E-state index is 13.5. The number of amides is 1. The molecule has 2 aromatic carbocycles. The lowest BCUT2D eigenvalue weighted by Gasteiger charge is -2.19. The van der Waals surface area contributed by atoms with E-state index in [1.807, 2.05) is 6.07 Å². The summed E-state index contributed by atoms with van der Waals surface area (Å²) in [5.41, 5.74) is 0.882. The molecule has 0 aliphatic rings. The van der Waals surface area contributed by atoms with E-state index in [-0.39, 0.29) is 5.75 Å². The lowest BCUT2D eigenvalue weighted by molar-refractivity contribution is 0.0531. The predicted molar refractivity (Wildman–Crippen MR) is 131 cm³/mol. The Hall–Kier alpha value is -3.64. The minimum absolute atomic E-state index is 0.0259. The molecule has 0 saturated heterocycles. The highest BCUT2D eigenvalue weighted by Gasteiger charge is 2.18. The van der Waals surface area contributed by atoms with Crippen LogP contribution in [0, 0.1) is 0 Å². The summed E-state index contributed by atoms with van der Waals surface area (Å²) in [6, 6.07) is 14.1. The standard InChI is InChI=1S/C24H26F2N4O5S/c1-24(2,3)35-22(31)27-12-19(21(25)26)13-30-23(32)29(15-28-30)20-6-4-5-18(11-20)17-9-7-16(8-10-17)14-36(33)34/h4-11,15H,12-14H2,1-3H3,(H,27,31)(H,33,34). The van der Waals surface area contributed by atoms with Crippen molar-refractivity contribution in [1.29, 1.82) is 0 Å². The molecule has 0 fully saturated rings. The second-order valence-electron chi connectivity index (χ2n) is 8.87. The summed E-state index contributed by atoms with van der Waals surface area (Å²) in [5, 5.41) is 6.20. The zero-order valence-electron chi connectivity index (χ0n) is 19.9. The average molecular weight is 521 g/mol. The summed E-state index contributed by atoms with van der Waals surface area (Å²) in [6.07, 6.45) is -1.65. The molecule has 12 heteroatoms. The van der Waals surface area contributed by atoms with E-state index in [1.165, 1.54) is 10.9 Å². The molecule has 9 nitrogen and oxygen atoms in total.